The molecule has 0 saturated carbocycles. The van der Waals surface area contributed by atoms with Crippen LogP contribution in [0.4, 0.5) is 0 Å². The van der Waals surface area contributed by atoms with Crippen molar-refractivity contribution in [2.24, 2.45) is 0 Å². The first-order valence-electron chi connectivity index (χ1n) is 17.8. The topological polar surface area (TPSA) is 23.4 Å². The zero-order valence-corrected chi connectivity index (χ0v) is 30.2. The van der Waals surface area contributed by atoms with Gasteiger partial charge in [0.05, 0.1) is 11.0 Å². The van der Waals surface area contributed by atoms with Crippen molar-refractivity contribution in [3.05, 3.63) is 131 Å². The standard InChI is InChI=1S/C46H42BNO2/c1-27-12-16-36-40(20-27)49-42-23-30(24-43-44(42)47(36)37-17-13-28(2)21-41(37)50-43)29-10-9-11-33(22-29)48-38-18-14-31(45(3,4)5)25-34(38)35-26-32(46(6,7)8)15-19-39(35)48/h9-26H,1-8H3. The lowest BCUT2D eigenvalue weighted by Crippen LogP contribution is -2.57. The molecule has 6 aromatic carbocycles. The predicted molar refractivity (Wildman–Crippen MR) is 211 cm³/mol. The maximum absolute atomic E-state index is 6.72. The Hall–Kier alpha value is -5.22. The van der Waals surface area contributed by atoms with Crippen LogP contribution in [0.5, 0.6) is 23.0 Å². The Labute approximate surface area is 295 Å². The maximum Gasteiger partial charge on any atom is 0.260 e. The molecule has 0 unspecified atom stereocenters. The molecular weight excluding hydrogens is 609 g/mol. The lowest BCUT2D eigenvalue weighted by Gasteiger charge is -2.33. The fraction of sp³-hybridized carbons (Fsp3) is 0.217. The average molecular weight is 652 g/mol. The third kappa shape index (κ3) is 4.80. The Kier molecular flexibility index (Phi) is 6.56. The number of fused-ring (bicyclic) bond motifs is 7. The van der Waals surface area contributed by atoms with Crippen LogP contribution in [0.2, 0.25) is 0 Å². The van der Waals surface area contributed by atoms with Crippen LogP contribution in [0.1, 0.15) is 63.8 Å². The molecular formula is C46H42BNO2. The van der Waals surface area contributed by atoms with Gasteiger partial charge in [0.15, 0.2) is 0 Å². The van der Waals surface area contributed by atoms with Crippen LogP contribution >= 0.6 is 0 Å². The van der Waals surface area contributed by atoms with Gasteiger partial charge in [-0.05, 0) is 130 Å². The first-order chi connectivity index (χ1) is 23.8. The molecule has 0 radical (unpaired) electrons. The molecule has 0 atom stereocenters. The summed E-state index contributed by atoms with van der Waals surface area (Å²) in [6, 6.07) is 40.4. The average Bonchev–Trinajstić information content (AvgIpc) is 3.40. The monoisotopic (exact) mass is 651 g/mol. The second-order valence-corrected chi connectivity index (χ2v) is 16.5. The number of nitrogens with zero attached hydrogens (tertiary/aromatic N) is 1. The molecule has 0 amide bonds. The molecule has 0 saturated heterocycles. The number of rotatable bonds is 2. The van der Waals surface area contributed by atoms with Gasteiger partial charge < -0.3 is 14.0 Å². The van der Waals surface area contributed by atoms with E-state index in [-0.39, 0.29) is 17.5 Å². The lowest BCUT2D eigenvalue weighted by atomic mass is 9.34. The summed E-state index contributed by atoms with van der Waals surface area (Å²) in [6.45, 7) is 18.0. The smallest absolute Gasteiger partial charge is 0.260 e. The molecule has 7 aromatic rings. The van der Waals surface area contributed by atoms with Gasteiger partial charge in [-0.1, -0.05) is 90.1 Å². The van der Waals surface area contributed by atoms with E-state index >= 15 is 0 Å². The Morgan fingerprint density at radius 2 is 1.02 bits per heavy atom. The molecule has 246 valence electrons. The fourth-order valence-corrected chi connectivity index (χ4v) is 7.93. The Morgan fingerprint density at radius 1 is 0.500 bits per heavy atom. The molecule has 2 aliphatic heterocycles. The van der Waals surface area contributed by atoms with Crippen LogP contribution in [0.25, 0.3) is 38.6 Å². The third-order valence-electron chi connectivity index (χ3n) is 10.7. The highest BCUT2D eigenvalue weighted by Gasteiger charge is 2.40. The lowest BCUT2D eigenvalue weighted by molar-refractivity contribution is 0.464. The molecule has 0 bridgehead atoms. The van der Waals surface area contributed by atoms with Gasteiger partial charge in [-0.15, -0.1) is 0 Å². The maximum atomic E-state index is 6.72. The summed E-state index contributed by atoms with van der Waals surface area (Å²) in [4.78, 5) is 0. The number of hydrogen-bond acceptors (Lipinski definition) is 2. The normalized spacial score (nSPS) is 13.5. The predicted octanol–water partition coefficient (Wildman–Crippen LogP) is 10.4. The molecule has 3 heterocycles. The zero-order chi connectivity index (χ0) is 34.7. The number of ether oxygens (including phenoxy) is 2. The third-order valence-corrected chi connectivity index (χ3v) is 10.7. The van der Waals surface area contributed by atoms with Gasteiger partial charge in [0, 0.05) is 21.9 Å². The van der Waals surface area contributed by atoms with Crippen LogP contribution < -0.4 is 25.9 Å². The van der Waals surface area contributed by atoms with Crippen molar-refractivity contribution in [3.8, 4) is 39.8 Å². The zero-order valence-electron chi connectivity index (χ0n) is 30.2. The highest BCUT2D eigenvalue weighted by atomic mass is 16.5. The Bertz CT molecular complexity index is 2390. The van der Waals surface area contributed by atoms with E-state index in [2.05, 4.69) is 169 Å². The molecule has 50 heavy (non-hydrogen) atoms. The molecule has 1 aromatic heterocycles. The van der Waals surface area contributed by atoms with Crippen LogP contribution in [0.3, 0.4) is 0 Å². The Morgan fingerprint density at radius 3 is 1.52 bits per heavy atom. The quantitative estimate of drug-likeness (QED) is 0.174. The molecule has 0 N–H and O–H groups in total. The first-order valence-corrected chi connectivity index (χ1v) is 17.8. The van der Waals surface area contributed by atoms with Crippen LogP contribution in [0.15, 0.2) is 109 Å². The summed E-state index contributed by atoms with van der Waals surface area (Å²) in [5.74, 6) is 3.56. The SMILES string of the molecule is Cc1ccc2c(c1)Oc1cc(-c3cccc(-n4c5ccc(C(C)(C)C)cc5c5cc(C(C)(C)C)ccc54)c3)cc3c1B2c1ccc(C)cc1O3. The van der Waals surface area contributed by atoms with Crippen LogP contribution in [-0.4, -0.2) is 11.3 Å². The van der Waals surface area contributed by atoms with Gasteiger partial charge in [0.1, 0.15) is 23.0 Å². The number of benzene rings is 6. The second-order valence-electron chi connectivity index (χ2n) is 16.5. The minimum atomic E-state index is 0.0540. The van der Waals surface area contributed by atoms with E-state index in [0.29, 0.717) is 0 Å². The van der Waals surface area contributed by atoms with Crippen molar-refractivity contribution in [1.29, 1.82) is 0 Å². The summed E-state index contributed by atoms with van der Waals surface area (Å²) in [5.41, 5.74) is 14.4. The highest BCUT2D eigenvalue weighted by molar-refractivity contribution is 6.98. The van der Waals surface area contributed by atoms with E-state index < -0.39 is 0 Å². The second kappa shape index (κ2) is 10.6. The molecule has 0 fully saturated rings. The highest BCUT2D eigenvalue weighted by Crippen LogP contribution is 2.41. The van der Waals surface area contributed by atoms with E-state index in [1.165, 1.54) is 55.0 Å². The number of hydrogen-bond donors (Lipinski definition) is 0. The van der Waals surface area contributed by atoms with Crippen molar-refractivity contribution in [2.75, 3.05) is 0 Å². The van der Waals surface area contributed by atoms with E-state index in [0.717, 1.165) is 45.3 Å². The Balaban J connectivity index is 1.23. The molecule has 0 aliphatic carbocycles. The molecule has 4 heteroatoms. The van der Waals surface area contributed by atoms with Gasteiger partial charge in [0.2, 0.25) is 0 Å². The van der Waals surface area contributed by atoms with Gasteiger partial charge in [0.25, 0.3) is 6.71 Å². The largest absolute Gasteiger partial charge is 0.458 e. The van der Waals surface area contributed by atoms with Crippen LogP contribution in [0, 0.1) is 13.8 Å². The van der Waals surface area contributed by atoms with Gasteiger partial charge in [-0.25, -0.2) is 0 Å². The molecule has 9 rings (SSSR count). The number of aromatic nitrogens is 1. The fourth-order valence-electron chi connectivity index (χ4n) is 7.93. The van der Waals surface area contributed by atoms with Gasteiger partial charge in [-0.2, -0.15) is 0 Å². The van der Waals surface area contributed by atoms with Crippen molar-refractivity contribution >= 4 is 44.9 Å². The van der Waals surface area contributed by atoms with Crippen molar-refractivity contribution in [2.45, 2.75) is 66.2 Å². The van der Waals surface area contributed by atoms with E-state index in [1.807, 2.05) is 0 Å². The van der Waals surface area contributed by atoms with Crippen molar-refractivity contribution in [1.82, 2.24) is 4.57 Å². The van der Waals surface area contributed by atoms with E-state index in [1.54, 1.807) is 0 Å². The van der Waals surface area contributed by atoms with Gasteiger partial charge in [-0.3, -0.25) is 0 Å². The summed E-state index contributed by atoms with van der Waals surface area (Å²) in [6.07, 6.45) is 0. The molecule has 3 nitrogen and oxygen atoms in total. The first kappa shape index (κ1) is 30.8. The van der Waals surface area contributed by atoms with Crippen molar-refractivity contribution in [3.63, 3.8) is 0 Å². The minimum absolute atomic E-state index is 0.0540. The van der Waals surface area contributed by atoms with Crippen LogP contribution in [-0.2, 0) is 10.8 Å². The summed E-state index contributed by atoms with van der Waals surface area (Å²) in [7, 11) is 0. The molecule has 2 aliphatic rings. The summed E-state index contributed by atoms with van der Waals surface area (Å²) < 4.78 is 15.9. The molecule has 0 spiro atoms. The minimum Gasteiger partial charge on any atom is -0.458 e. The summed E-state index contributed by atoms with van der Waals surface area (Å²) >= 11 is 0. The van der Waals surface area contributed by atoms with E-state index in [9.17, 15) is 0 Å². The van der Waals surface area contributed by atoms with Gasteiger partial charge >= 0.3 is 0 Å². The summed E-state index contributed by atoms with van der Waals surface area (Å²) in [5, 5.41) is 2.58. The van der Waals surface area contributed by atoms with E-state index in [4.69, 9.17) is 9.47 Å². The van der Waals surface area contributed by atoms with Crippen molar-refractivity contribution < 1.29 is 9.47 Å². The number of aryl methyl sites for hydroxylation is 2.